The fourth-order valence-corrected chi connectivity index (χ4v) is 4.92. The predicted octanol–water partition coefficient (Wildman–Crippen LogP) is 1.95. The van der Waals surface area contributed by atoms with Gasteiger partial charge in [-0.05, 0) is 43.5 Å². The van der Waals surface area contributed by atoms with Gasteiger partial charge in [-0.15, -0.1) is 0 Å². The first-order valence-corrected chi connectivity index (χ1v) is 9.78. The molecule has 1 N–H and O–H groups in total. The van der Waals surface area contributed by atoms with Gasteiger partial charge in [0.2, 0.25) is 10.0 Å². The van der Waals surface area contributed by atoms with Crippen LogP contribution >= 0.6 is 15.9 Å². The second kappa shape index (κ2) is 6.03. The summed E-state index contributed by atoms with van der Waals surface area (Å²) in [6.45, 7) is 1.85. The van der Waals surface area contributed by atoms with Crippen molar-refractivity contribution in [1.29, 1.82) is 0 Å². The molecule has 1 aromatic carbocycles. The Morgan fingerprint density at radius 1 is 1.32 bits per heavy atom. The van der Waals surface area contributed by atoms with Crippen molar-refractivity contribution in [2.75, 3.05) is 11.5 Å². The topological polar surface area (TPSA) is 63.2 Å². The third-order valence-corrected chi connectivity index (χ3v) is 6.94. The fraction of sp³-hybridized carbons (Fsp3) is 0.500. The first-order valence-electron chi connectivity index (χ1n) is 6.02. The van der Waals surface area contributed by atoms with E-state index in [2.05, 4.69) is 20.7 Å². The molecule has 1 saturated heterocycles. The van der Waals surface area contributed by atoms with E-state index in [1.807, 2.05) is 6.92 Å². The van der Waals surface area contributed by atoms with Crippen molar-refractivity contribution in [2.45, 2.75) is 30.7 Å². The van der Waals surface area contributed by atoms with Gasteiger partial charge in [-0.1, -0.05) is 15.9 Å². The zero-order valence-corrected chi connectivity index (χ0v) is 13.8. The Kier molecular flexibility index (Phi) is 4.81. The van der Waals surface area contributed by atoms with Crippen LogP contribution in [0, 0.1) is 6.92 Å². The molecule has 1 aliphatic heterocycles. The minimum absolute atomic E-state index is 0.105. The van der Waals surface area contributed by atoms with E-state index in [9.17, 15) is 12.6 Å². The Morgan fingerprint density at radius 3 is 2.53 bits per heavy atom. The second-order valence-electron chi connectivity index (χ2n) is 4.65. The summed E-state index contributed by atoms with van der Waals surface area (Å²) in [6.07, 6.45) is 1.28. The highest BCUT2D eigenvalue weighted by molar-refractivity contribution is 9.10. The highest BCUT2D eigenvalue weighted by atomic mass is 79.9. The molecule has 1 aromatic rings. The van der Waals surface area contributed by atoms with Crippen molar-refractivity contribution in [3.63, 3.8) is 0 Å². The number of aryl methyl sites for hydroxylation is 1. The standard InChI is InChI=1S/C12H16BrNO3S2/c1-9-8-11(2-3-12(9)13)19(16,17)14-10-4-6-18(15)7-5-10/h2-3,8,10,14H,4-7H2,1H3. The molecule has 0 amide bonds. The Bertz CT molecular complexity index is 591. The van der Waals surface area contributed by atoms with Crippen LogP contribution in [-0.2, 0) is 20.8 Å². The molecule has 1 aliphatic rings. The summed E-state index contributed by atoms with van der Waals surface area (Å²) in [5.74, 6) is 1.15. The molecule has 1 fully saturated rings. The van der Waals surface area contributed by atoms with Crippen LogP contribution in [-0.4, -0.2) is 30.2 Å². The van der Waals surface area contributed by atoms with E-state index in [0.717, 1.165) is 10.0 Å². The SMILES string of the molecule is Cc1cc(S(=O)(=O)NC2CCS(=O)CC2)ccc1Br. The van der Waals surface area contributed by atoms with Crippen molar-refractivity contribution >= 4 is 36.8 Å². The van der Waals surface area contributed by atoms with Gasteiger partial charge in [0.05, 0.1) is 4.90 Å². The van der Waals surface area contributed by atoms with Crippen LogP contribution in [0.15, 0.2) is 27.6 Å². The number of halogens is 1. The van der Waals surface area contributed by atoms with Crippen LogP contribution in [0.3, 0.4) is 0 Å². The molecule has 0 radical (unpaired) electrons. The fourth-order valence-electron chi connectivity index (χ4n) is 1.98. The van der Waals surface area contributed by atoms with Crippen LogP contribution in [0.5, 0.6) is 0 Å². The van der Waals surface area contributed by atoms with E-state index in [1.54, 1.807) is 18.2 Å². The Labute approximate surface area is 124 Å². The van der Waals surface area contributed by atoms with Gasteiger partial charge in [-0.2, -0.15) is 0 Å². The number of sulfonamides is 1. The largest absolute Gasteiger partial charge is 0.260 e. The molecule has 2 rings (SSSR count). The van der Waals surface area contributed by atoms with Crippen molar-refractivity contribution in [3.05, 3.63) is 28.2 Å². The highest BCUT2D eigenvalue weighted by Gasteiger charge is 2.24. The zero-order chi connectivity index (χ0) is 14.0. The molecule has 0 spiro atoms. The van der Waals surface area contributed by atoms with Crippen LogP contribution < -0.4 is 4.72 Å². The average molecular weight is 366 g/mol. The molecule has 0 aliphatic carbocycles. The number of benzene rings is 1. The van der Waals surface area contributed by atoms with Crippen LogP contribution in [0.4, 0.5) is 0 Å². The Morgan fingerprint density at radius 2 is 1.95 bits per heavy atom. The number of nitrogens with one attached hydrogen (secondary N) is 1. The van der Waals surface area contributed by atoms with Gasteiger partial charge in [0, 0.05) is 32.8 Å². The molecule has 0 saturated carbocycles. The molecular formula is C12H16BrNO3S2. The highest BCUT2D eigenvalue weighted by Crippen LogP contribution is 2.21. The summed E-state index contributed by atoms with van der Waals surface area (Å²) in [6, 6.07) is 4.86. The van der Waals surface area contributed by atoms with E-state index >= 15 is 0 Å². The molecule has 4 nitrogen and oxygen atoms in total. The smallest absolute Gasteiger partial charge is 0.240 e. The Hall–Kier alpha value is -0.240. The van der Waals surface area contributed by atoms with E-state index in [0.29, 0.717) is 24.3 Å². The van der Waals surface area contributed by atoms with E-state index < -0.39 is 20.8 Å². The summed E-state index contributed by atoms with van der Waals surface area (Å²) in [7, 11) is -4.27. The first kappa shape index (κ1) is 15.2. The van der Waals surface area contributed by atoms with Gasteiger partial charge in [0.1, 0.15) is 0 Å². The molecule has 19 heavy (non-hydrogen) atoms. The third kappa shape index (κ3) is 3.87. The lowest BCUT2D eigenvalue weighted by molar-refractivity contribution is 0.522. The van der Waals surface area contributed by atoms with Crippen LogP contribution in [0.25, 0.3) is 0 Å². The van der Waals surface area contributed by atoms with Gasteiger partial charge in [-0.25, -0.2) is 13.1 Å². The minimum Gasteiger partial charge on any atom is -0.260 e. The van der Waals surface area contributed by atoms with Crippen LogP contribution in [0.2, 0.25) is 0 Å². The van der Waals surface area contributed by atoms with Crippen molar-refractivity contribution in [3.8, 4) is 0 Å². The number of hydrogen-bond acceptors (Lipinski definition) is 3. The zero-order valence-electron chi connectivity index (χ0n) is 10.6. The molecule has 1 heterocycles. The summed E-state index contributed by atoms with van der Waals surface area (Å²) in [4.78, 5) is 0.278. The van der Waals surface area contributed by atoms with E-state index in [-0.39, 0.29) is 10.9 Å². The maximum Gasteiger partial charge on any atom is 0.240 e. The predicted molar refractivity (Wildman–Crippen MR) is 80.1 cm³/mol. The lowest BCUT2D eigenvalue weighted by atomic mass is 10.2. The molecular weight excluding hydrogens is 350 g/mol. The van der Waals surface area contributed by atoms with Gasteiger partial charge in [0.15, 0.2) is 0 Å². The summed E-state index contributed by atoms with van der Waals surface area (Å²) < 4.78 is 39.3. The van der Waals surface area contributed by atoms with Gasteiger partial charge in [0.25, 0.3) is 0 Å². The second-order valence-corrected chi connectivity index (χ2v) is 8.92. The van der Waals surface area contributed by atoms with Gasteiger partial charge in [-0.3, -0.25) is 4.21 Å². The molecule has 0 bridgehead atoms. The molecule has 0 aromatic heterocycles. The molecule has 0 unspecified atom stereocenters. The Balaban J connectivity index is 2.13. The monoisotopic (exact) mass is 365 g/mol. The maximum atomic E-state index is 12.2. The summed E-state index contributed by atoms with van der Waals surface area (Å²) in [5.41, 5.74) is 0.882. The quantitative estimate of drug-likeness (QED) is 0.890. The van der Waals surface area contributed by atoms with E-state index in [1.165, 1.54) is 0 Å². The van der Waals surface area contributed by atoms with E-state index in [4.69, 9.17) is 0 Å². The molecule has 0 atom stereocenters. The van der Waals surface area contributed by atoms with Gasteiger partial charge < -0.3 is 0 Å². The van der Waals surface area contributed by atoms with Crippen molar-refractivity contribution < 1.29 is 12.6 Å². The molecule has 106 valence electrons. The van der Waals surface area contributed by atoms with Crippen molar-refractivity contribution in [1.82, 2.24) is 4.72 Å². The number of hydrogen-bond donors (Lipinski definition) is 1. The lowest BCUT2D eigenvalue weighted by Gasteiger charge is -2.22. The maximum absolute atomic E-state index is 12.2. The summed E-state index contributed by atoms with van der Waals surface area (Å²) >= 11 is 3.35. The molecule has 7 heteroatoms. The van der Waals surface area contributed by atoms with Gasteiger partial charge >= 0.3 is 0 Å². The minimum atomic E-state index is -3.49. The number of rotatable bonds is 3. The summed E-state index contributed by atoms with van der Waals surface area (Å²) in [5, 5.41) is 0. The third-order valence-electron chi connectivity index (χ3n) is 3.15. The lowest BCUT2D eigenvalue weighted by Crippen LogP contribution is -2.39. The average Bonchev–Trinajstić information content (AvgIpc) is 2.35. The van der Waals surface area contributed by atoms with Crippen molar-refractivity contribution in [2.24, 2.45) is 0 Å². The first-order chi connectivity index (χ1) is 8.88. The van der Waals surface area contributed by atoms with Crippen LogP contribution in [0.1, 0.15) is 18.4 Å². The normalized spacial score (nSPS) is 24.3.